The van der Waals surface area contributed by atoms with Crippen molar-refractivity contribution in [2.24, 2.45) is 0 Å². The third-order valence-corrected chi connectivity index (χ3v) is 6.34. The quantitative estimate of drug-likeness (QED) is 0.205. The molecule has 0 amide bonds. The second kappa shape index (κ2) is 9.40. The summed E-state index contributed by atoms with van der Waals surface area (Å²) in [5.74, 6) is 1.94. The van der Waals surface area contributed by atoms with Crippen molar-refractivity contribution in [3.63, 3.8) is 0 Å². The Balaban J connectivity index is 0.00000267. The monoisotopic (exact) mass is 653 g/mol. The van der Waals surface area contributed by atoms with Gasteiger partial charge < -0.3 is 14.4 Å². The van der Waals surface area contributed by atoms with Crippen molar-refractivity contribution in [3.05, 3.63) is 95.7 Å². The molecule has 0 saturated carbocycles. The van der Waals surface area contributed by atoms with E-state index in [4.69, 9.17) is 9.72 Å². The predicted octanol–water partition coefficient (Wildman–Crippen LogP) is 7.20. The Hall–Kier alpha value is -3.69. The molecule has 36 heavy (non-hydrogen) atoms. The van der Waals surface area contributed by atoms with Crippen molar-refractivity contribution in [1.29, 1.82) is 0 Å². The van der Waals surface area contributed by atoms with E-state index in [-0.39, 0.29) is 26.8 Å². The first-order valence-corrected chi connectivity index (χ1v) is 11.7. The zero-order valence-corrected chi connectivity index (χ0v) is 22.4. The molecule has 0 aliphatic heterocycles. The fraction of sp³-hybridized carbons (Fsp3) is 0.133. The molecule has 5 nitrogen and oxygen atoms in total. The molecule has 0 aliphatic carbocycles. The maximum Gasteiger partial charge on any atom is 0.217 e. The molecule has 6 aromatic rings. The van der Waals surface area contributed by atoms with Crippen LogP contribution in [0.1, 0.15) is 23.7 Å². The van der Waals surface area contributed by atoms with E-state index >= 15 is 0 Å². The van der Waals surface area contributed by atoms with E-state index in [1.165, 1.54) is 5.56 Å². The van der Waals surface area contributed by atoms with Crippen molar-refractivity contribution in [2.75, 3.05) is 0 Å². The van der Waals surface area contributed by atoms with Crippen molar-refractivity contribution in [2.45, 2.75) is 27.2 Å². The number of aromatic nitrogens is 3. The van der Waals surface area contributed by atoms with Gasteiger partial charge in [-0.15, -0.1) is 17.5 Å². The molecular weight excluding hydrogens is 629 g/mol. The van der Waals surface area contributed by atoms with Crippen LogP contribution in [-0.2, 0) is 27.5 Å². The minimum atomic E-state index is 0. The van der Waals surface area contributed by atoms with Crippen LogP contribution in [0.25, 0.3) is 38.5 Å². The molecular formula is C30H24N3O2Pt-. The number of benzene rings is 3. The molecule has 0 atom stereocenters. The van der Waals surface area contributed by atoms with Gasteiger partial charge in [0, 0.05) is 49.5 Å². The first-order chi connectivity index (χ1) is 17.0. The summed E-state index contributed by atoms with van der Waals surface area (Å²) in [5.41, 5.74) is 5.73. The van der Waals surface area contributed by atoms with Gasteiger partial charge in [0.05, 0.1) is 0 Å². The van der Waals surface area contributed by atoms with Gasteiger partial charge in [0.2, 0.25) is 5.88 Å². The molecule has 0 unspecified atom stereocenters. The predicted molar refractivity (Wildman–Crippen MR) is 140 cm³/mol. The van der Waals surface area contributed by atoms with Crippen molar-refractivity contribution in [1.82, 2.24) is 14.5 Å². The summed E-state index contributed by atoms with van der Waals surface area (Å²) in [5, 5.41) is 13.5. The van der Waals surface area contributed by atoms with Crippen LogP contribution in [0, 0.1) is 19.9 Å². The van der Waals surface area contributed by atoms with E-state index in [9.17, 15) is 5.11 Å². The van der Waals surface area contributed by atoms with Gasteiger partial charge in [-0.05, 0) is 67.1 Å². The van der Waals surface area contributed by atoms with Crippen LogP contribution in [-0.4, -0.2) is 19.6 Å². The molecule has 182 valence electrons. The molecule has 0 bridgehead atoms. The molecule has 6 rings (SSSR count). The van der Waals surface area contributed by atoms with Crippen LogP contribution in [0.15, 0.2) is 72.8 Å². The smallest absolute Gasteiger partial charge is 0.217 e. The maximum atomic E-state index is 10.4. The molecule has 0 radical (unpaired) electrons. The number of aryl methyl sites for hydroxylation is 3. The Morgan fingerprint density at radius 1 is 0.917 bits per heavy atom. The molecule has 0 spiro atoms. The maximum absolute atomic E-state index is 10.4. The van der Waals surface area contributed by atoms with E-state index in [1.807, 2.05) is 56.3 Å². The minimum Gasteiger partial charge on any atom is -0.506 e. The van der Waals surface area contributed by atoms with Gasteiger partial charge >= 0.3 is 0 Å². The SMILES string of the molecule is CCc1cccc2c3ccc(Oc4ccc5cc(C)cc(O)c5n4)[c-]c3n(-c3cccc(C)n3)c12.[Pt]. The van der Waals surface area contributed by atoms with Crippen LogP contribution >= 0.6 is 0 Å². The number of phenols is 1. The van der Waals surface area contributed by atoms with E-state index < -0.39 is 0 Å². The van der Waals surface area contributed by atoms with Crippen LogP contribution in [0.3, 0.4) is 0 Å². The van der Waals surface area contributed by atoms with E-state index in [2.05, 4.69) is 46.8 Å². The number of pyridine rings is 2. The van der Waals surface area contributed by atoms with Gasteiger partial charge in [0.15, 0.2) is 0 Å². The molecule has 3 aromatic heterocycles. The van der Waals surface area contributed by atoms with E-state index in [1.54, 1.807) is 6.07 Å². The summed E-state index contributed by atoms with van der Waals surface area (Å²) >= 11 is 0. The normalized spacial score (nSPS) is 11.2. The summed E-state index contributed by atoms with van der Waals surface area (Å²) in [6.07, 6.45) is 0.910. The number of phenolic OH excluding ortho intramolecular Hbond substituents is 1. The summed E-state index contributed by atoms with van der Waals surface area (Å²) in [6.45, 7) is 6.11. The van der Waals surface area contributed by atoms with Crippen LogP contribution in [0.5, 0.6) is 17.4 Å². The number of para-hydroxylation sites is 1. The topological polar surface area (TPSA) is 60.2 Å². The number of aromatic hydroxyl groups is 1. The Labute approximate surface area is 223 Å². The first-order valence-electron chi connectivity index (χ1n) is 11.7. The second-order valence-corrected chi connectivity index (χ2v) is 8.83. The zero-order valence-electron chi connectivity index (χ0n) is 20.1. The third kappa shape index (κ3) is 4.04. The molecule has 6 heteroatoms. The fourth-order valence-electron chi connectivity index (χ4n) is 4.78. The summed E-state index contributed by atoms with van der Waals surface area (Å²) < 4.78 is 8.31. The number of rotatable bonds is 4. The van der Waals surface area contributed by atoms with Crippen LogP contribution in [0.4, 0.5) is 0 Å². The number of hydrogen-bond donors (Lipinski definition) is 1. The van der Waals surface area contributed by atoms with E-state index in [0.29, 0.717) is 17.1 Å². The molecule has 3 aromatic carbocycles. The van der Waals surface area contributed by atoms with Crippen molar-refractivity contribution < 1.29 is 30.9 Å². The number of nitrogens with zero attached hydrogens (tertiary/aromatic N) is 3. The molecule has 0 saturated heterocycles. The Bertz CT molecular complexity index is 1760. The van der Waals surface area contributed by atoms with Gasteiger partial charge in [0.25, 0.3) is 0 Å². The average Bonchev–Trinajstić information content (AvgIpc) is 3.18. The van der Waals surface area contributed by atoms with Gasteiger partial charge in [-0.2, -0.15) is 6.07 Å². The fourth-order valence-corrected chi connectivity index (χ4v) is 4.78. The average molecular weight is 654 g/mol. The van der Waals surface area contributed by atoms with Crippen molar-refractivity contribution in [3.8, 4) is 23.2 Å². The van der Waals surface area contributed by atoms with Gasteiger partial charge in [-0.3, -0.25) is 0 Å². The standard InChI is InChI=1S/C30H24N3O2.Pt/c1-4-20-8-6-9-24-23-13-12-22(17-25(23)33(30(20)24)27-10-5-7-19(3)31-27)35-28-14-11-21-15-18(2)16-26(34)29(21)32-28;/h5-16,34H,4H2,1-3H3;/q-1;. The summed E-state index contributed by atoms with van der Waals surface area (Å²) in [7, 11) is 0. The molecule has 0 fully saturated rings. The first kappa shape index (κ1) is 24.0. The Morgan fingerprint density at radius 2 is 1.75 bits per heavy atom. The molecule has 3 heterocycles. The Kier molecular flexibility index (Phi) is 6.27. The third-order valence-electron chi connectivity index (χ3n) is 6.34. The second-order valence-electron chi connectivity index (χ2n) is 8.83. The van der Waals surface area contributed by atoms with Crippen molar-refractivity contribution >= 4 is 32.7 Å². The zero-order chi connectivity index (χ0) is 24.1. The number of hydrogen-bond acceptors (Lipinski definition) is 4. The Morgan fingerprint density at radius 3 is 2.56 bits per heavy atom. The van der Waals surface area contributed by atoms with Gasteiger partial charge in [0.1, 0.15) is 17.1 Å². The summed E-state index contributed by atoms with van der Waals surface area (Å²) in [4.78, 5) is 9.36. The van der Waals surface area contributed by atoms with Crippen LogP contribution in [0.2, 0.25) is 0 Å². The largest absolute Gasteiger partial charge is 0.506 e. The van der Waals surface area contributed by atoms with Crippen LogP contribution < -0.4 is 4.74 Å². The molecule has 1 N–H and O–H groups in total. The van der Waals surface area contributed by atoms with E-state index in [0.717, 1.165) is 50.7 Å². The summed E-state index contributed by atoms with van der Waals surface area (Å²) in [6, 6.07) is 27.3. The number of ether oxygens (including phenoxy) is 1. The molecule has 0 aliphatic rings. The number of fused-ring (bicyclic) bond motifs is 4. The van der Waals surface area contributed by atoms with Gasteiger partial charge in [-0.25, -0.2) is 9.97 Å². The van der Waals surface area contributed by atoms with Gasteiger partial charge in [-0.1, -0.05) is 36.7 Å². The minimum absolute atomic E-state index is 0.